The van der Waals surface area contributed by atoms with Crippen molar-refractivity contribution in [1.29, 1.82) is 0 Å². The van der Waals surface area contributed by atoms with Gasteiger partial charge in [0, 0.05) is 49.1 Å². The molecular formula is C63H74N10O8. The Morgan fingerprint density at radius 3 is 1.37 bits per heavy atom. The lowest BCUT2D eigenvalue weighted by Gasteiger charge is -2.31. The number of fused-ring (bicyclic) bond motifs is 2. The minimum atomic E-state index is -1.24. The number of likely N-dealkylation sites (tertiary alicyclic amines) is 2. The predicted octanol–water partition coefficient (Wildman–Crippen LogP) is 3.54. The monoisotopic (exact) mass is 1100 g/mol. The molecular weight excluding hydrogens is 1020 g/mol. The van der Waals surface area contributed by atoms with Crippen molar-refractivity contribution in [3.63, 3.8) is 0 Å². The molecule has 2 saturated heterocycles. The van der Waals surface area contributed by atoms with E-state index < -0.39 is 72.0 Å². The summed E-state index contributed by atoms with van der Waals surface area (Å²) in [5.74, 6) is 7.82. The highest BCUT2D eigenvalue weighted by Crippen LogP contribution is 2.32. The van der Waals surface area contributed by atoms with Crippen molar-refractivity contribution in [3.05, 3.63) is 143 Å². The van der Waals surface area contributed by atoms with Gasteiger partial charge in [-0.2, -0.15) is 0 Å². The SMILES string of the molecule is CC[C@H](NC)C(=O)N[C@@H](CC#CC#CC[C@H](NC(=O)[C@H](C)NC)C(=O)N1C[C@@H](NC(=O)c2ccccc2)C[C@H]1C(=O)NC1CCCc2ccccc21)C(=O)N1C[C@@H](NC(=O)c2ccccc2)C[C@H]1C(=O)N[C@@H]1CCCc2ccccc21. The highest BCUT2D eigenvalue weighted by molar-refractivity contribution is 5.97. The maximum atomic E-state index is 14.9. The molecule has 10 atom stereocenters. The first-order chi connectivity index (χ1) is 39.3. The van der Waals surface area contributed by atoms with Crippen molar-refractivity contribution in [2.75, 3.05) is 27.2 Å². The average Bonchev–Trinajstić information content (AvgIpc) is 4.37. The Kier molecular flexibility index (Phi) is 20.5. The van der Waals surface area contributed by atoms with Crippen LogP contribution in [0.4, 0.5) is 0 Å². The van der Waals surface area contributed by atoms with Gasteiger partial charge in [0.05, 0.1) is 24.2 Å². The van der Waals surface area contributed by atoms with Crippen LogP contribution >= 0.6 is 0 Å². The molecule has 8 N–H and O–H groups in total. The van der Waals surface area contributed by atoms with Crippen LogP contribution in [0.2, 0.25) is 0 Å². The molecule has 2 aliphatic carbocycles. The van der Waals surface area contributed by atoms with Crippen LogP contribution in [0, 0.1) is 23.7 Å². The Bertz CT molecular complexity index is 3060. The van der Waals surface area contributed by atoms with E-state index in [2.05, 4.69) is 78.3 Å². The van der Waals surface area contributed by atoms with Gasteiger partial charge in [-0.3, -0.25) is 38.4 Å². The molecule has 0 radical (unpaired) electrons. The number of hydrogen-bond donors (Lipinski definition) is 8. The molecule has 0 bridgehead atoms. The molecule has 81 heavy (non-hydrogen) atoms. The highest BCUT2D eigenvalue weighted by atomic mass is 16.2. The van der Waals surface area contributed by atoms with Crippen molar-refractivity contribution in [2.45, 2.75) is 145 Å². The molecule has 424 valence electrons. The van der Waals surface area contributed by atoms with E-state index in [0.29, 0.717) is 30.4 Å². The fraction of sp³-hybridized carbons (Fsp3) is 0.429. The molecule has 1 unspecified atom stereocenters. The molecule has 8 amide bonds. The van der Waals surface area contributed by atoms with Crippen LogP contribution < -0.4 is 42.5 Å². The van der Waals surface area contributed by atoms with E-state index in [4.69, 9.17) is 0 Å². The number of carbonyl (C=O) groups is 8. The summed E-state index contributed by atoms with van der Waals surface area (Å²) in [6, 6.07) is 25.7. The van der Waals surface area contributed by atoms with Crippen LogP contribution in [0.1, 0.15) is 127 Å². The number of carbonyl (C=O) groups excluding carboxylic acids is 8. The smallest absolute Gasteiger partial charge is 0.251 e. The maximum absolute atomic E-state index is 14.9. The Hall–Kier alpha value is -8.32. The summed E-state index contributed by atoms with van der Waals surface area (Å²) in [6.07, 6.45) is 5.18. The van der Waals surface area contributed by atoms with Gasteiger partial charge >= 0.3 is 0 Å². The van der Waals surface area contributed by atoms with Gasteiger partial charge in [0.15, 0.2) is 0 Å². The largest absolute Gasteiger partial charge is 0.347 e. The maximum Gasteiger partial charge on any atom is 0.251 e. The Morgan fingerprint density at radius 1 is 0.531 bits per heavy atom. The van der Waals surface area contributed by atoms with Crippen molar-refractivity contribution >= 4 is 47.3 Å². The molecule has 4 aromatic carbocycles. The predicted molar refractivity (Wildman–Crippen MR) is 306 cm³/mol. The van der Waals surface area contributed by atoms with Crippen molar-refractivity contribution in [3.8, 4) is 23.7 Å². The van der Waals surface area contributed by atoms with Crippen molar-refractivity contribution < 1.29 is 38.4 Å². The summed E-state index contributed by atoms with van der Waals surface area (Å²) in [5, 5.41) is 24.0. The van der Waals surface area contributed by atoms with E-state index in [0.717, 1.165) is 47.9 Å². The number of rotatable bonds is 19. The number of nitrogens with one attached hydrogen (secondary N) is 8. The standard InChI is InChI=1S/C63H74N10O8/c1-5-49(65-4)59(77)71-53(63(81)73-39-46(67-58(76)44-26-12-9-13-27-44)37-55(73)61(79)69-51-35-21-29-42-23-17-19-31-48(42)51)33-15-7-6-14-32-52(70-56(74)40(2)64-3)62(80)72-38-45(66-57(75)43-24-10-8-11-25-43)36-54(72)60(78)68-50-34-20-28-41-22-16-18-30-47(41)50/h8-13,16-19,22-27,30-31,40,45-46,49-55,64-65H,5,20-21,28-29,32-39H2,1-4H3,(H,66,75)(H,67,76)(H,68,78)(H,69,79)(H,70,74)(H,71,77)/t40-,45-,46-,49-,50?,51+,52-,53-,54-,55-/m0/s1. The third-order valence-corrected chi connectivity index (χ3v) is 15.9. The zero-order chi connectivity index (χ0) is 57.4. The Morgan fingerprint density at radius 2 is 0.951 bits per heavy atom. The molecule has 4 aromatic rings. The molecule has 2 heterocycles. The van der Waals surface area contributed by atoms with E-state index >= 15 is 0 Å². The highest BCUT2D eigenvalue weighted by Gasteiger charge is 2.45. The number of aryl methyl sites for hydroxylation is 2. The number of amides is 8. The molecule has 0 saturated carbocycles. The van der Waals surface area contributed by atoms with E-state index in [1.54, 1.807) is 81.7 Å². The molecule has 2 fully saturated rings. The number of nitrogens with zero attached hydrogens (tertiary/aromatic N) is 2. The van der Waals surface area contributed by atoms with E-state index in [1.165, 1.54) is 9.80 Å². The van der Waals surface area contributed by atoms with Gasteiger partial charge in [-0.05, 0) is 137 Å². The Balaban J connectivity index is 1.02. The lowest BCUT2D eigenvalue weighted by molar-refractivity contribution is -0.141. The lowest BCUT2D eigenvalue weighted by atomic mass is 9.87. The van der Waals surface area contributed by atoms with E-state index in [9.17, 15) is 38.4 Å². The van der Waals surface area contributed by atoms with E-state index in [-0.39, 0.29) is 74.5 Å². The fourth-order valence-corrected chi connectivity index (χ4v) is 11.3. The summed E-state index contributed by atoms with van der Waals surface area (Å²) in [7, 11) is 3.25. The number of hydrogen-bond acceptors (Lipinski definition) is 10. The van der Waals surface area contributed by atoms with Gasteiger partial charge in [0.2, 0.25) is 35.4 Å². The van der Waals surface area contributed by atoms with Crippen LogP contribution in [0.25, 0.3) is 0 Å². The molecule has 0 aromatic heterocycles. The van der Waals surface area contributed by atoms with Gasteiger partial charge < -0.3 is 52.3 Å². The molecule has 0 spiro atoms. The third-order valence-electron chi connectivity index (χ3n) is 15.9. The lowest BCUT2D eigenvalue weighted by Crippen LogP contribution is -2.56. The van der Waals surface area contributed by atoms with Crippen LogP contribution in [0.3, 0.4) is 0 Å². The second-order valence-electron chi connectivity index (χ2n) is 21.3. The number of likely N-dealkylation sites (N-methyl/N-ethyl adjacent to an activating group) is 2. The summed E-state index contributed by atoms with van der Waals surface area (Å²) in [4.78, 5) is 116. The van der Waals surface area contributed by atoms with Gasteiger partial charge in [-0.1, -0.05) is 104 Å². The quantitative estimate of drug-likeness (QED) is 0.0636. The first kappa shape index (κ1) is 58.8. The van der Waals surface area contributed by atoms with Gasteiger partial charge in [-0.15, -0.1) is 0 Å². The minimum Gasteiger partial charge on any atom is -0.347 e. The molecule has 2 aliphatic heterocycles. The molecule has 18 heteroatoms. The van der Waals surface area contributed by atoms with Crippen LogP contribution in [0.15, 0.2) is 109 Å². The van der Waals surface area contributed by atoms with Crippen LogP contribution in [0.5, 0.6) is 0 Å². The van der Waals surface area contributed by atoms with Gasteiger partial charge in [0.1, 0.15) is 24.2 Å². The van der Waals surface area contributed by atoms with E-state index in [1.807, 2.05) is 43.3 Å². The fourth-order valence-electron chi connectivity index (χ4n) is 11.3. The van der Waals surface area contributed by atoms with Crippen molar-refractivity contribution in [2.24, 2.45) is 0 Å². The minimum absolute atomic E-state index is 0.0128. The Labute approximate surface area is 474 Å². The molecule has 18 nitrogen and oxygen atoms in total. The van der Waals surface area contributed by atoms with Gasteiger partial charge in [-0.25, -0.2) is 0 Å². The summed E-state index contributed by atoms with van der Waals surface area (Å²) in [6.45, 7) is 3.44. The number of benzene rings is 4. The zero-order valence-electron chi connectivity index (χ0n) is 46.5. The molecule has 4 aliphatic rings. The second-order valence-corrected chi connectivity index (χ2v) is 21.3. The van der Waals surface area contributed by atoms with Crippen molar-refractivity contribution in [1.82, 2.24) is 52.3 Å². The van der Waals surface area contributed by atoms with Crippen LogP contribution in [-0.2, 0) is 41.6 Å². The summed E-state index contributed by atoms with van der Waals surface area (Å²) >= 11 is 0. The van der Waals surface area contributed by atoms with Gasteiger partial charge in [0.25, 0.3) is 11.8 Å². The van der Waals surface area contributed by atoms with Crippen LogP contribution in [-0.4, -0.2) is 133 Å². The third kappa shape index (κ3) is 14.9. The average molecular weight is 1100 g/mol. The molecule has 8 rings (SSSR count). The first-order valence-electron chi connectivity index (χ1n) is 28.3. The zero-order valence-corrected chi connectivity index (χ0v) is 46.5. The first-order valence-corrected chi connectivity index (χ1v) is 28.3. The topological polar surface area (TPSA) is 239 Å². The summed E-state index contributed by atoms with van der Waals surface area (Å²) < 4.78 is 0. The summed E-state index contributed by atoms with van der Waals surface area (Å²) in [5.41, 5.74) is 5.19. The second kappa shape index (κ2) is 28.2. The normalized spacial score (nSPS) is 21.3.